The number of benzene rings is 3. The van der Waals surface area contributed by atoms with Gasteiger partial charge in [-0.2, -0.15) is 0 Å². The number of aromatic nitrogens is 3. The monoisotopic (exact) mass is 471 g/mol. The van der Waals surface area contributed by atoms with Gasteiger partial charge in [0.1, 0.15) is 0 Å². The lowest BCUT2D eigenvalue weighted by atomic mass is 10.1. The highest BCUT2D eigenvalue weighted by atomic mass is 32.2. The molecule has 1 aromatic heterocycles. The normalized spacial score (nSPS) is 11.6. The Hall–Kier alpha value is -3.91. The van der Waals surface area contributed by atoms with Crippen molar-refractivity contribution in [3.05, 3.63) is 95.6 Å². The quantitative estimate of drug-likeness (QED) is 0.319. The Kier molecular flexibility index (Phi) is 7.08. The number of nitrogens with zero attached hydrogens (tertiary/aromatic N) is 3. The van der Waals surface area contributed by atoms with Crippen molar-refractivity contribution in [3.8, 4) is 17.1 Å². The molecule has 1 unspecified atom stereocenters. The van der Waals surface area contributed by atoms with Crippen LogP contribution in [0, 0.1) is 13.8 Å². The Morgan fingerprint density at radius 1 is 0.824 bits per heavy atom. The van der Waals surface area contributed by atoms with Crippen molar-refractivity contribution in [3.63, 3.8) is 0 Å². The fourth-order valence-corrected chi connectivity index (χ4v) is 4.12. The number of thioether (sulfide) groups is 1. The number of hydrogen-bond donors (Lipinski definition) is 2. The Morgan fingerprint density at radius 3 is 2.09 bits per heavy atom. The van der Waals surface area contributed by atoms with Crippen LogP contribution in [0.25, 0.3) is 17.1 Å². The molecule has 4 aromatic rings. The molecule has 0 fully saturated rings. The van der Waals surface area contributed by atoms with Gasteiger partial charge in [-0.05, 0) is 45.0 Å². The van der Waals surface area contributed by atoms with Gasteiger partial charge in [0.25, 0.3) is 11.8 Å². The van der Waals surface area contributed by atoms with E-state index in [9.17, 15) is 9.59 Å². The van der Waals surface area contributed by atoms with Crippen molar-refractivity contribution in [1.29, 1.82) is 0 Å². The Labute approximate surface area is 202 Å². The molecule has 0 bridgehead atoms. The van der Waals surface area contributed by atoms with E-state index in [1.54, 1.807) is 19.1 Å². The van der Waals surface area contributed by atoms with Crippen LogP contribution >= 0.6 is 11.8 Å². The highest BCUT2D eigenvalue weighted by Gasteiger charge is 2.22. The van der Waals surface area contributed by atoms with Crippen molar-refractivity contribution < 1.29 is 9.59 Å². The molecule has 4 rings (SSSR count). The van der Waals surface area contributed by atoms with Gasteiger partial charge in [0.2, 0.25) is 0 Å². The summed E-state index contributed by atoms with van der Waals surface area (Å²) >= 11 is 1.27. The first-order valence-electron chi connectivity index (χ1n) is 10.8. The molecule has 172 valence electrons. The second-order valence-corrected chi connectivity index (χ2v) is 9.22. The summed E-state index contributed by atoms with van der Waals surface area (Å²) in [6.45, 7) is 5.74. The zero-order valence-electron chi connectivity index (χ0n) is 19.1. The van der Waals surface area contributed by atoms with Gasteiger partial charge in [-0.25, -0.2) is 0 Å². The first-order valence-corrected chi connectivity index (χ1v) is 11.7. The number of hydrazine groups is 1. The second-order valence-electron chi connectivity index (χ2n) is 7.91. The average Bonchev–Trinajstić information content (AvgIpc) is 3.27. The topological polar surface area (TPSA) is 88.9 Å². The second kappa shape index (κ2) is 10.4. The van der Waals surface area contributed by atoms with Crippen LogP contribution in [0.4, 0.5) is 0 Å². The van der Waals surface area contributed by atoms with E-state index in [1.165, 1.54) is 11.8 Å². The summed E-state index contributed by atoms with van der Waals surface area (Å²) in [5.74, 6) is -0.0291. The molecule has 1 heterocycles. The lowest BCUT2D eigenvalue weighted by molar-refractivity contribution is -0.121. The number of nitrogens with one attached hydrogen (secondary N) is 2. The van der Waals surface area contributed by atoms with Gasteiger partial charge >= 0.3 is 0 Å². The molecule has 7 nitrogen and oxygen atoms in total. The molecule has 1 atom stereocenters. The Bertz CT molecular complexity index is 1290. The van der Waals surface area contributed by atoms with Crippen LogP contribution in [-0.4, -0.2) is 31.8 Å². The van der Waals surface area contributed by atoms with Gasteiger partial charge < -0.3 is 0 Å². The fraction of sp³-hybridized carbons (Fsp3) is 0.154. The smallest absolute Gasteiger partial charge is 0.269 e. The van der Waals surface area contributed by atoms with Gasteiger partial charge in [-0.15, -0.1) is 10.2 Å². The van der Waals surface area contributed by atoms with E-state index in [2.05, 4.69) is 21.0 Å². The number of amides is 2. The lowest BCUT2D eigenvalue weighted by Gasteiger charge is -2.14. The van der Waals surface area contributed by atoms with Crippen molar-refractivity contribution in [1.82, 2.24) is 25.6 Å². The molecule has 0 spiro atoms. The predicted octanol–water partition coefficient (Wildman–Crippen LogP) is 4.49. The van der Waals surface area contributed by atoms with E-state index in [0.717, 1.165) is 22.4 Å². The highest BCUT2D eigenvalue weighted by Crippen LogP contribution is 2.30. The first-order chi connectivity index (χ1) is 16.4. The van der Waals surface area contributed by atoms with Crippen LogP contribution in [0.5, 0.6) is 0 Å². The summed E-state index contributed by atoms with van der Waals surface area (Å²) in [7, 11) is 0. The summed E-state index contributed by atoms with van der Waals surface area (Å²) < 4.78 is 1.93. The van der Waals surface area contributed by atoms with Crippen molar-refractivity contribution >= 4 is 23.6 Å². The van der Waals surface area contributed by atoms with Crippen LogP contribution in [-0.2, 0) is 4.79 Å². The molecule has 2 N–H and O–H groups in total. The summed E-state index contributed by atoms with van der Waals surface area (Å²) in [6.07, 6.45) is 0. The minimum Gasteiger partial charge on any atom is -0.272 e. The SMILES string of the molecule is Cc1ccc(C(=O)NNC(=O)C(C)Sc2nnc(-c3ccc(C)cc3)n2-c2ccccc2)cc1. The van der Waals surface area contributed by atoms with Crippen LogP contribution in [0.1, 0.15) is 28.4 Å². The van der Waals surface area contributed by atoms with Crippen molar-refractivity contribution in [2.45, 2.75) is 31.2 Å². The third-order valence-corrected chi connectivity index (χ3v) is 6.26. The molecule has 8 heteroatoms. The van der Waals surface area contributed by atoms with E-state index in [0.29, 0.717) is 16.5 Å². The molecule has 0 aliphatic heterocycles. The molecule has 0 radical (unpaired) electrons. The van der Waals surface area contributed by atoms with Gasteiger partial charge in [-0.1, -0.05) is 77.5 Å². The zero-order chi connectivity index (χ0) is 24.1. The van der Waals surface area contributed by atoms with Crippen molar-refractivity contribution in [2.75, 3.05) is 0 Å². The number of hydrogen-bond acceptors (Lipinski definition) is 5. The van der Waals surface area contributed by atoms with E-state index in [-0.39, 0.29) is 11.8 Å². The molecule has 0 aliphatic carbocycles. The minimum atomic E-state index is -0.532. The number of para-hydroxylation sites is 1. The van der Waals surface area contributed by atoms with Crippen LogP contribution in [0.2, 0.25) is 0 Å². The molecular formula is C26H25N5O2S. The van der Waals surface area contributed by atoms with Gasteiger partial charge in [0.05, 0.1) is 5.25 Å². The van der Waals surface area contributed by atoms with E-state index in [4.69, 9.17) is 0 Å². The molecule has 3 aromatic carbocycles. The maximum Gasteiger partial charge on any atom is 0.269 e. The number of carbonyl (C=O) groups excluding carboxylic acids is 2. The van der Waals surface area contributed by atoms with Gasteiger partial charge in [0, 0.05) is 16.8 Å². The molecule has 0 saturated carbocycles. The molecule has 0 saturated heterocycles. The Balaban J connectivity index is 1.51. The third-order valence-electron chi connectivity index (χ3n) is 5.22. The largest absolute Gasteiger partial charge is 0.272 e. The summed E-state index contributed by atoms with van der Waals surface area (Å²) in [5.41, 5.74) is 9.48. The average molecular weight is 472 g/mol. The number of rotatable bonds is 6. The number of carbonyl (C=O) groups is 2. The highest BCUT2D eigenvalue weighted by molar-refractivity contribution is 8.00. The standard InChI is InChI=1S/C26H25N5O2S/c1-17-9-13-20(14-10-17)23-27-30-26(31(23)22-7-5-4-6-8-22)34-19(3)24(32)28-29-25(33)21-15-11-18(2)12-16-21/h4-16,19H,1-3H3,(H,28,32)(H,29,33). The van der Waals surface area contributed by atoms with E-state index < -0.39 is 5.25 Å². The minimum absolute atomic E-state index is 0.343. The zero-order valence-corrected chi connectivity index (χ0v) is 20.0. The lowest BCUT2D eigenvalue weighted by Crippen LogP contribution is -2.45. The molecular weight excluding hydrogens is 446 g/mol. The third kappa shape index (κ3) is 5.35. The summed E-state index contributed by atoms with van der Waals surface area (Å²) in [5, 5.41) is 8.84. The van der Waals surface area contributed by atoms with Crippen LogP contribution in [0.3, 0.4) is 0 Å². The molecule has 2 amide bonds. The molecule has 0 aliphatic rings. The molecule has 34 heavy (non-hydrogen) atoms. The van der Waals surface area contributed by atoms with Crippen LogP contribution < -0.4 is 10.9 Å². The first kappa shape index (κ1) is 23.3. The van der Waals surface area contributed by atoms with E-state index in [1.807, 2.05) is 85.1 Å². The summed E-state index contributed by atoms with van der Waals surface area (Å²) in [4.78, 5) is 25.0. The summed E-state index contributed by atoms with van der Waals surface area (Å²) in [6, 6.07) is 24.9. The Morgan fingerprint density at radius 2 is 1.44 bits per heavy atom. The predicted molar refractivity (Wildman–Crippen MR) is 134 cm³/mol. The van der Waals surface area contributed by atoms with Gasteiger partial charge in [0.15, 0.2) is 11.0 Å². The van der Waals surface area contributed by atoms with Gasteiger partial charge in [-0.3, -0.25) is 25.0 Å². The van der Waals surface area contributed by atoms with Crippen LogP contribution in [0.15, 0.2) is 84.0 Å². The number of aryl methyl sites for hydroxylation is 2. The van der Waals surface area contributed by atoms with Crippen molar-refractivity contribution in [2.24, 2.45) is 0 Å². The maximum absolute atomic E-state index is 12.7. The maximum atomic E-state index is 12.7. The van der Waals surface area contributed by atoms with E-state index >= 15 is 0 Å². The fourth-order valence-electron chi connectivity index (χ4n) is 3.25.